The summed E-state index contributed by atoms with van der Waals surface area (Å²) in [7, 11) is 0. The Kier molecular flexibility index (Phi) is 7.12. The maximum Gasteiger partial charge on any atom is 0.256 e. The zero-order chi connectivity index (χ0) is 26.6. The van der Waals surface area contributed by atoms with Crippen LogP contribution in [0.4, 0.5) is 14.5 Å². The molecule has 5 rings (SSSR count). The van der Waals surface area contributed by atoms with Gasteiger partial charge in [0.05, 0.1) is 23.8 Å². The highest BCUT2D eigenvalue weighted by atomic mass is 19.2. The zero-order valence-corrected chi connectivity index (χ0v) is 20.3. The number of hydrogen-bond donors (Lipinski definition) is 3. The lowest BCUT2D eigenvalue weighted by Gasteiger charge is -2.31. The first kappa shape index (κ1) is 25.1. The Morgan fingerprint density at radius 3 is 2.82 bits per heavy atom. The summed E-state index contributed by atoms with van der Waals surface area (Å²) in [4.78, 5) is 46.4. The van der Waals surface area contributed by atoms with E-state index in [9.17, 15) is 23.2 Å². The SMILES string of the molecule is O=C1Nc2cc(/C=C/CNC(=O)C3CCCN(Cc4ccc(F)c(F)c4)C3=O)ccc2/C1=C/c1cnc[nH]1. The van der Waals surface area contributed by atoms with Gasteiger partial charge in [0.1, 0.15) is 5.92 Å². The predicted octanol–water partition coefficient (Wildman–Crippen LogP) is 3.75. The predicted molar refractivity (Wildman–Crippen MR) is 138 cm³/mol. The lowest BCUT2D eigenvalue weighted by atomic mass is 9.95. The number of benzene rings is 2. The highest BCUT2D eigenvalue weighted by Gasteiger charge is 2.34. The number of H-pyrrole nitrogens is 1. The van der Waals surface area contributed by atoms with E-state index in [-0.39, 0.29) is 30.8 Å². The lowest BCUT2D eigenvalue weighted by molar-refractivity contribution is -0.145. The second-order valence-corrected chi connectivity index (χ2v) is 9.17. The molecule has 1 saturated heterocycles. The first-order valence-electron chi connectivity index (χ1n) is 12.2. The first-order valence-corrected chi connectivity index (χ1v) is 12.2. The lowest BCUT2D eigenvalue weighted by Crippen LogP contribution is -2.47. The van der Waals surface area contributed by atoms with Crippen molar-refractivity contribution in [2.75, 3.05) is 18.4 Å². The van der Waals surface area contributed by atoms with Crippen LogP contribution in [0.15, 0.2) is 55.0 Å². The monoisotopic (exact) mass is 517 g/mol. The average Bonchev–Trinajstić information content (AvgIpc) is 3.53. The Labute approximate surface area is 217 Å². The quantitative estimate of drug-likeness (QED) is 0.328. The molecule has 2 aliphatic rings. The number of hydrogen-bond acceptors (Lipinski definition) is 4. The molecule has 194 valence electrons. The van der Waals surface area contributed by atoms with Crippen LogP contribution in [0.5, 0.6) is 0 Å². The van der Waals surface area contributed by atoms with Crippen LogP contribution in [0, 0.1) is 17.6 Å². The topological polar surface area (TPSA) is 107 Å². The number of likely N-dealkylation sites (tertiary alicyclic amines) is 1. The van der Waals surface area contributed by atoms with E-state index in [0.29, 0.717) is 36.2 Å². The van der Waals surface area contributed by atoms with Crippen LogP contribution in [0.1, 0.15) is 35.2 Å². The molecule has 0 saturated carbocycles. The number of nitrogens with zero attached hydrogens (tertiary/aromatic N) is 2. The number of halogens is 2. The molecule has 3 N–H and O–H groups in total. The number of rotatable bonds is 7. The molecule has 1 unspecified atom stereocenters. The van der Waals surface area contributed by atoms with Gasteiger partial charge in [-0.25, -0.2) is 13.8 Å². The molecule has 1 atom stereocenters. The molecular formula is C28H25F2N5O3. The minimum atomic E-state index is -0.968. The fourth-order valence-corrected chi connectivity index (χ4v) is 4.64. The van der Waals surface area contributed by atoms with Crippen molar-refractivity contribution in [1.82, 2.24) is 20.2 Å². The highest BCUT2D eigenvalue weighted by Crippen LogP contribution is 2.33. The molecule has 10 heteroatoms. The zero-order valence-electron chi connectivity index (χ0n) is 20.3. The van der Waals surface area contributed by atoms with Gasteiger partial charge in [0.25, 0.3) is 5.91 Å². The van der Waals surface area contributed by atoms with Gasteiger partial charge >= 0.3 is 0 Å². The summed E-state index contributed by atoms with van der Waals surface area (Å²) in [6.45, 7) is 0.794. The number of anilines is 1. The number of amides is 3. The maximum atomic E-state index is 13.5. The summed E-state index contributed by atoms with van der Waals surface area (Å²) in [6.07, 6.45) is 9.58. The van der Waals surface area contributed by atoms with Crippen LogP contribution in [-0.4, -0.2) is 45.7 Å². The van der Waals surface area contributed by atoms with Gasteiger partial charge in [-0.15, -0.1) is 0 Å². The van der Waals surface area contributed by atoms with Gasteiger partial charge in [-0.3, -0.25) is 14.4 Å². The summed E-state index contributed by atoms with van der Waals surface area (Å²) in [5, 5.41) is 5.63. The number of aromatic nitrogens is 2. The van der Waals surface area contributed by atoms with Crippen molar-refractivity contribution in [1.29, 1.82) is 0 Å². The Balaban J connectivity index is 1.16. The third kappa shape index (κ3) is 5.39. The van der Waals surface area contributed by atoms with E-state index < -0.39 is 17.6 Å². The fraction of sp³-hybridized carbons (Fsp3) is 0.214. The Morgan fingerprint density at radius 2 is 2.03 bits per heavy atom. The van der Waals surface area contributed by atoms with Crippen molar-refractivity contribution in [3.8, 4) is 0 Å². The Bertz CT molecular complexity index is 1450. The third-order valence-corrected chi connectivity index (χ3v) is 6.55. The van der Waals surface area contributed by atoms with Gasteiger partial charge in [-0.1, -0.05) is 30.4 Å². The molecule has 0 spiro atoms. The molecule has 0 radical (unpaired) electrons. The van der Waals surface area contributed by atoms with E-state index in [2.05, 4.69) is 20.6 Å². The van der Waals surface area contributed by atoms with Crippen LogP contribution in [0.25, 0.3) is 17.7 Å². The van der Waals surface area contributed by atoms with Crippen molar-refractivity contribution in [2.45, 2.75) is 19.4 Å². The van der Waals surface area contributed by atoms with Gasteiger partial charge in [-0.05, 0) is 48.2 Å². The first-order chi connectivity index (χ1) is 18.4. The molecular weight excluding hydrogens is 492 g/mol. The number of aromatic amines is 1. The molecule has 3 heterocycles. The summed E-state index contributed by atoms with van der Waals surface area (Å²) in [6, 6.07) is 9.11. The summed E-state index contributed by atoms with van der Waals surface area (Å²) in [5.41, 5.74) is 4.07. The van der Waals surface area contributed by atoms with Crippen LogP contribution < -0.4 is 10.6 Å². The third-order valence-electron chi connectivity index (χ3n) is 6.55. The highest BCUT2D eigenvalue weighted by molar-refractivity contribution is 6.34. The molecule has 2 aromatic carbocycles. The Hall–Kier alpha value is -4.60. The smallest absolute Gasteiger partial charge is 0.256 e. The van der Waals surface area contributed by atoms with Gasteiger partial charge in [0.2, 0.25) is 11.8 Å². The molecule has 38 heavy (non-hydrogen) atoms. The largest absolute Gasteiger partial charge is 0.352 e. The van der Waals surface area contributed by atoms with E-state index in [0.717, 1.165) is 29.0 Å². The number of imidazole rings is 1. The standard InChI is InChI=1S/C28H25F2N5O3/c29-23-8-6-18(11-24(23)30)15-35-10-2-4-21(28(35)38)26(36)32-9-1-3-17-5-7-20-22(13-19-14-31-16-33-19)27(37)34-25(20)12-17/h1,3,5-8,11-14,16,21H,2,4,9-10,15H2,(H,31,33)(H,32,36)(H,34,37)/b3-1+,22-13-. The number of carbonyl (C=O) groups excluding carboxylic acids is 3. The van der Waals surface area contributed by atoms with Crippen LogP contribution in [0.3, 0.4) is 0 Å². The van der Waals surface area contributed by atoms with Crippen LogP contribution >= 0.6 is 0 Å². The van der Waals surface area contributed by atoms with Gasteiger partial charge < -0.3 is 20.5 Å². The molecule has 3 amide bonds. The van der Waals surface area contributed by atoms with Gasteiger partial charge in [0, 0.05) is 30.9 Å². The molecule has 0 bridgehead atoms. The normalized spacial score (nSPS) is 18.2. The van der Waals surface area contributed by atoms with Gasteiger partial charge in [0.15, 0.2) is 11.6 Å². The van der Waals surface area contributed by atoms with E-state index in [1.165, 1.54) is 11.0 Å². The van der Waals surface area contributed by atoms with E-state index in [1.54, 1.807) is 24.7 Å². The molecule has 1 aromatic heterocycles. The number of piperidine rings is 1. The van der Waals surface area contributed by atoms with E-state index >= 15 is 0 Å². The minimum absolute atomic E-state index is 0.118. The molecule has 2 aliphatic heterocycles. The number of nitrogens with one attached hydrogen (secondary N) is 3. The summed E-state index contributed by atoms with van der Waals surface area (Å²) >= 11 is 0. The molecule has 0 aliphatic carbocycles. The van der Waals surface area contributed by atoms with E-state index in [4.69, 9.17) is 0 Å². The average molecular weight is 518 g/mol. The van der Waals surface area contributed by atoms with Crippen LogP contribution in [-0.2, 0) is 20.9 Å². The molecule has 1 fully saturated rings. The van der Waals surface area contributed by atoms with Crippen LogP contribution in [0.2, 0.25) is 0 Å². The fourth-order valence-electron chi connectivity index (χ4n) is 4.64. The summed E-state index contributed by atoms with van der Waals surface area (Å²) in [5.74, 6) is -3.62. The van der Waals surface area contributed by atoms with Crippen molar-refractivity contribution < 1.29 is 23.2 Å². The molecule has 3 aromatic rings. The second kappa shape index (κ2) is 10.8. The van der Waals surface area contributed by atoms with Crippen molar-refractivity contribution in [2.24, 2.45) is 5.92 Å². The number of carbonyl (C=O) groups is 3. The Morgan fingerprint density at radius 1 is 1.16 bits per heavy atom. The van der Waals surface area contributed by atoms with Crippen molar-refractivity contribution in [3.63, 3.8) is 0 Å². The van der Waals surface area contributed by atoms with Gasteiger partial charge in [-0.2, -0.15) is 0 Å². The minimum Gasteiger partial charge on any atom is -0.352 e. The van der Waals surface area contributed by atoms with Crippen molar-refractivity contribution >= 4 is 41.1 Å². The summed E-state index contributed by atoms with van der Waals surface area (Å²) < 4.78 is 26.7. The second-order valence-electron chi connectivity index (χ2n) is 9.17. The maximum absolute atomic E-state index is 13.5. The number of fused-ring (bicyclic) bond motifs is 1. The van der Waals surface area contributed by atoms with E-state index in [1.807, 2.05) is 24.3 Å². The van der Waals surface area contributed by atoms with Crippen molar-refractivity contribution in [3.05, 3.63) is 89.0 Å². The molecule has 8 nitrogen and oxygen atoms in total.